The minimum atomic E-state index is 0.338. The summed E-state index contributed by atoms with van der Waals surface area (Å²) < 4.78 is 38.8. The summed E-state index contributed by atoms with van der Waals surface area (Å²) in [6, 6.07) is 28.9. The second-order valence-electron chi connectivity index (χ2n) is 18.2. The average molecular weight is 957 g/mol. The van der Waals surface area contributed by atoms with Crippen molar-refractivity contribution >= 4 is 11.4 Å². The van der Waals surface area contributed by atoms with Crippen LogP contribution in [0.4, 0.5) is 11.4 Å². The van der Waals surface area contributed by atoms with Gasteiger partial charge in [0.15, 0.2) is 23.0 Å². The zero-order valence-corrected chi connectivity index (χ0v) is 41.7. The first-order chi connectivity index (χ1) is 34.5. The summed E-state index contributed by atoms with van der Waals surface area (Å²) in [5.41, 5.74) is 6.32. The van der Waals surface area contributed by atoms with Gasteiger partial charge in [0, 0.05) is 78.5 Å². The molecule has 0 aliphatic carbocycles. The van der Waals surface area contributed by atoms with Gasteiger partial charge in [0.25, 0.3) is 0 Å². The molecular weight excluding hydrogens is 885 g/mol. The van der Waals surface area contributed by atoms with Crippen LogP contribution in [0.25, 0.3) is 0 Å². The first-order valence-corrected chi connectivity index (χ1v) is 25.1. The number of anilines is 2. The van der Waals surface area contributed by atoms with Crippen molar-refractivity contribution in [1.29, 1.82) is 0 Å². The molecule has 4 heterocycles. The molecule has 70 heavy (non-hydrogen) atoms. The fourth-order valence-corrected chi connectivity index (χ4v) is 9.39. The van der Waals surface area contributed by atoms with Crippen molar-refractivity contribution in [1.82, 2.24) is 39.8 Å². The maximum atomic E-state index is 6.15. The molecule has 0 bridgehead atoms. The highest BCUT2D eigenvalue weighted by atomic mass is 16.5. The Balaban J connectivity index is 0.648. The van der Waals surface area contributed by atoms with Crippen molar-refractivity contribution in [3.63, 3.8) is 0 Å². The number of piperazine rings is 2. The molecule has 0 atom stereocenters. The summed E-state index contributed by atoms with van der Waals surface area (Å²) in [6.45, 7) is 11.8. The third kappa shape index (κ3) is 14.1. The lowest BCUT2D eigenvalue weighted by molar-refractivity contribution is 0.248. The molecule has 4 aromatic carbocycles. The molecule has 2 aliphatic heterocycles. The van der Waals surface area contributed by atoms with E-state index in [2.05, 4.69) is 88.8 Å². The average Bonchev–Trinajstić information content (AvgIpc) is 4.08. The zero-order valence-electron chi connectivity index (χ0n) is 41.7. The largest absolute Gasteiger partial charge is 0.495 e. The predicted molar refractivity (Wildman–Crippen MR) is 273 cm³/mol. The molecule has 2 aliphatic rings. The van der Waals surface area contributed by atoms with Gasteiger partial charge in [-0.25, -0.2) is 0 Å². The van der Waals surface area contributed by atoms with E-state index in [-0.39, 0.29) is 0 Å². The Labute approximate surface area is 414 Å². The Hall–Kier alpha value is -6.52. The molecule has 0 spiro atoms. The number of rotatable bonds is 27. The van der Waals surface area contributed by atoms with Crippen LogP contribution in [0.1, 0.15) is 73.9 Å². The Morgan fingerprint density at radius 1 is 0.414 bits per heavy atom. The van der Waals surface area contributed by atoms with E-state index in [0.29, 0.717) is 24.7 Å². The second-order valence-corrected chi connectivity index (χ2v) is 18.2. The standard InChI is InChI=1S/C54H72N10O6/c1-65-49-19-13-11-17-47(49)61-31-27-59(28-32-61)37-43-21-23-51(53(35-43)67-3)69-41-45-39-63(57-55-45)25-15-9-7-5-6-8-10-16-26-64-40-46(56-58-64)42-70-52-24-22-44(36-54(52)68-4)38-60-29-33-62(34-30-60)48-18-12-14-20-50(48)66-2/h11-14,17-24,35-36,39-40H,5-10,15-16,25-34,37-38,41-42H2,1-4H3. The number of aryl methyl sites for hydroxylation is 2. The fourth-order valence-electron chi connectivity index (χ4n) is 9.39. The van der Waals surface area contributed by atoms with Crippen molar-refractivity contribution in [2.75, 3.05) is 90.6 Å². The minimum absolute atomic E-state index is 0.338. The van der Waals surface area contributed by atoms with Gasteiger partial charge in [-0.05, 0) is 72.5 Å². The highest BCUT2D eigenvalue weighted by molar-refractivity contribution is 5.59. The smallest absolute Gasteiger partial charge is 0.161 e. The SMILES string of the molecule is COc1cc(CN2CCN(c3ccccc3OC)CC2)ccc1OCc1cn(CCCCCCCCCCn2cc(COc3ccc(CN4CCN(c5ccccc5OC)CC4)cc3OC)nn2)nn1. The number of unbranched alkanes of at least 4 members (excludes halogenated alkanes) is 7. The van der Waals surface area contributed by atoms with Crippen LogP contribution in [0.3, 0.4) is 0 Å². The van der Waals surface area contributed by atoms with E-state index in [1.807, 2.05) is 58.2 Å². The Morgan fingerprint density at radius 3 is 1.20 bits per heavy atom. The highest BCUT2D eigenvalue weighted by Gasteiger charge is 2.22. The van der Waals surface area contributed by atoms with E-state index < -0.39 is 0 Å². The molecule has 0 saturated carbocycles. The normalized spacial score (nSPS) is 14.5. The summed E-state index contributed by atoms with van der Waals surface area (Å²) in [4.78, 5) is 9.75. The molecule has 16 heteroatoms. The Morgan fingerprint density at radius 2 is 0.800 bits per heavy atom. The van der Waals surface area contributed by atoms with Crippen molar-refractivity contribution in [2.24, 2.45) is 0 Å². The van der Waals surface area contributed by atoms with Crippen molar-refractivity contribution in [2.45, 2.75) is 90.8 Å². The second kappa shape index (κ2) is 25.9. The Bertz CT molecular complexity index is 2330. The van der Waals surface area contributed by atoms with E-state index in [1.165, 1.54) is 49.7 Å². The molecule has 8 rings (SSSR count). The maximum Gasteiger partial charge on any atom is 0.161 e. The van der Waals surface area contributed by atoms with E-state index in [0.717, 1.165) is 137 Å². The van der Waals surface area contributed by atoms with Gasteiger partial charge in [-0.1, -0.05) is 85.3 Å². The molecule has 0 unspecified atom stereocenters. The lowest BCUT2D eigenvalue weighted by Crippen LogP contribution is -2.46. The molecule has 6 aromatic rings. The van der Waals surface area contributed by atoms with Crippen LogP contribution >= 0.6 is 0 Å². The molecule has 0 N–H and O–H groups in total. The van der Waals surface area contributed by atoms with Crippen LogP contribution in [0.2, 0.25) is 0 Å². The van der Waals surface area contributed by atoms with Crippen LogP contribution < -0.4 is 38.2 Å². The van der Waals surface area contributed by atoms with Crippen molar-refractivity contribution in [3.8, 4) is 34.5 Å². The molecular formula is C54H72N10O6. The topological polar surface area (TPSA) is 130 Å². The van der Waals surface area contributed by atoms with E-state index >= 15 is 0 Å². The third-order valence-corrected chi connectivity index (χ3v) is 13.3. The maximum absolute atomic E-state index is 6.15. The van der Waals surface area contributed by atoms with Crippen molar-refractivity contribution in [3.05, 3.63) is 120 Å². The zero-order chi connectivity index (χ0) is 48.3. The van der Waals surface area contributed by atoms with Gasteiger partial charge >= 0.3 is 0 Å². The fraction of sp³-hybridized carbons (Fsp3) is 0.481. The van der Waals surface area contributed by atoms with Crippen LogP contribution in [-0.4, -0.2) is 121 Å². The van der Waals surface area contributed by atoms with Gasteiger partial charge in [-0.2, -0.15) is 0 Å². The monoisotopic (exact) mass is 957 g/mol. The summed E-state index contributed by atoms with van der Waals surface area (Å²) in [6.07, 6.45) is 13.4. The van der Waals surface area contributed by atoms with Gasteiger partial charge in [-0.3, -0.25) is 19.2 Å². The summed E-state index contributed by atoms with van der Waals surface area (Å²) in [5, 5.41) is 17.4. The summed E-state index contributed by atoms with van der Waals surface area (Å²) in [5.74, 6) is 4.72. The number of para-hydroxylation sites is 4. The van der Waals surface area contributed by atoms with Gasteiger partial charge in [0.2, 0.25) is 0 Å². The lowest BCUT2D eigenvalue weighted by atomic mass is 10.1. The van der Waals surface area contributed by atoms with Crippen LogP contribution in [0.5, 0.6) is 34.5 Å². The number of nitrogens with zero attached hydrogens (tertiary/aromatic N) is 10. The molecule has 16 nitrogen and oxygen atoms in total. The molecule has 374 valence electrons. The molecule has 2 aromatic heterocycles. The van der Waals surface area contributed by atoms with E-state index in [9.17, 15) is 0 Å². The van der Waals surface area contributed by atoms with Gasteiger partial charge in [0.05, 0.1) is 52.2 Å². The summed E-state index contributed by atoms with van der Waals surface area (Å²) >= 11 is 0. The minimum Gasteiger partial charge on any atom is -0.495 e. The van der Waals surface area contributed by atoms with Crippen LogP contribution in [0.15, 0.2) is 97.3 Å². The highest BCUT2D eigenvalue weighted by Crippen LogP contribution is 2.33. The van der Waals surface area contributed by atoms with Crippen molar-refractivity contribution < 1.29 is 28.4 Å². The van der Waals surface area contributed by atoms with E-state index in [1.54, 1.807) is 28.4 Å². The number of benzene rings is 4. The molecule has 2 fully saturated rings. The van der Waals surface area contributed by atoms with Gasteiger partial charge in [0.1, 0.15) is 36.1 Å². The number of methoxy groups -OCH3 is 4. The van der Waals surface area contributed by atoms with E-state index in [4.69, 9.17) is 28.4 Å². The van der Waals surface area contributed by atoms with Gasteiger partial charge in [-0.15, -0.1) is 10.2 Å². The third-order valence-electron chi connectivity index (χ3n) is 13.3. The van der Waals surface area contributed by atoms with Crippen LogP contribution in [-0.2, 0) is 39.4 Å². The summed E-state index contributed by atoms with van der Waals surface area (Å²) in [7, 11) is 6.85. The molecule has 2 saturated heterocycles. The number of hydrogen-bond acceptors (Lipinski definition) is 14. The quantitative estimate of drug-likeness (QED) is 0.0458. The molecule has 0 amide bonds. The first kappa shape index (κ1) is 49.9. The Kier molecular flexibility index (Phi) is 18.5. The lowest BCUT2D eigenvalue weighted by Gasteiger charge is -2.36. The molecule has 0 radical (unpaired) electrons. The first-order valence-electron chi connectivity index (χ1n) is 25.1. The van der Waals surface area contributed by atoms with Crippen LogP contribution in [0, 0.1) is 0 Å². The number of ether oxygens (including phenoxy) is 6. The van der Waals surface area contributed by atoms with Gasteiger partial charge < -0.3 is 38.2 Å². The number of aromatic nitrogens is 6. The predicted octanol–water partition coefficient (Wildman–Crippen LogP) is 8.53. The number of hydrogen-bond donors (Lipinski definition) is 0.